The Morgan fingerprint density at radius 2 is 1.92 bits per heavy atom. The molecule has 3 N–H and O–H groups in total. The van der Waals surface area contributed by atoms with E-state index in [1.54, 1.807) is 29.2 Å². The van der Waals surface area contributed by atoms with E-state index in [-0.39, 0.29) is 11.9 Å². The molecule has 1 aliphatic rings. The van der Waals surface area contributed by atoms with Gasteiger partial charge in [-0.25, -0.2) is 4.79 Å². The second-order valence-corrected chi connectivity index (χ2v) is 6.14. The summed E-state index contributed by atoms with van der Waals surface area (Å²) in [5.74, 6) is -0.177. The van der Waals surface area contributed by atoms with Crippen LogP contribution in [0.25, 0.3) is 10.9 Å². The number of carbonyl (C=O) groups is 2. The van der Waals surface area contributed by atoms with E-state index in [2.05, 4.69) is 15.6 Å². The molecular formula is C19H18N4O2. The lowest BCUT2D eigenvalue weighted by atomic mass is 10.1. The fraction of sp³-hybridized carbons (Fsp3) is 0.158. The molecule has 0 bridgehead atoms. The summed E-state index contributed by atoms with van der Waals surface area (Å²) in [6.07, 6.45) is 0. The maximum Gasteiger partial charge on any atom is 0.321 e. The molecule has 4 rings (SSSR count). The number of anilines is 2. The third kappa shape index (κ3) is 2.94. The molecule has 0 unspecified atom stereocenters. The number of nitrogens with zero attached hydrogens (tertiary/aromatic N) is 1. The van der Waals surface area contributed by atoms with Gasteiger partial charge in [0.15, 0.2) is 0 Å². The lowest BCUT2D eigenvalue weighted by Crippen LogP contribution is -2.27. The highest BCUT2D eigenvalue weighted by Crippen LogP contribution is 2.21. The predicted octanol–water partition coefficient (Wildman–Crippen LogP) is 3.26. The largest absolute Gasteiger partial charge is 0.359 e. The summed E-state index contributed by atoms with van der Waals surface area (Å²) in [7, 11) is 0. The van der Waals surface area contributed by atoms with E-state index in [9.17, 15) is 9.59 Å². The number of aromatic amines is 1. The molecule has 2 aromatic carbocycles. The van der Waals surface area contributed by atoms with Crippen LogP contribution in [0.3, 0.4) is 0 Å². The van der Waals surface area contributed by atoms with Crippen molar-refractivity contribution in [1.82, 2.24) is 10.3 Å². The minimum Gasteiger partial charge on any atom is -0.359 e. The van der Waals surface area contributed by atoms with E-state index < -0.39 is 0 Å². The van der Waals surface area contributed by atoms with E-state index in [0.717, 1.165) is 28.0 Å². The van der Waals surface area contributed by atoms with Crippen molar-refractivity contribution in [3.05, 3.63) is 59.8 Å². The van der Waals surface area contributed by atoms with Crippen molar-refractivity contribution in [3.63, 3.8) is 0 Å². The molecule has 0 spiro atoms. The molecule has 3 amide bonds. The Morgan fingerprint density at radius 1 is 1.12 bits per heavy atom. The normalized spacial score (nSPS) is 14.0. The van der Waals surface area contributed by atoms with Crippen LogP contribution in [0.5, 0.6) is 0 Å². The molecule has 2 heterocycles. The van der Waals surface area contributed by atoms with Crippen LogP contribution in [0.1, 0.15) is 16.1 Å². The van der Waals surface area contributed by atoms with Gasteiger partial charge in [-0.1, -0.05) is 0 Å². The van der Waals surface area contributed by atoms with Gasteiger partial charge in [-0.2, -0.15) is 0 Å². The number of urea groups is 1. The molecule has 3 aromatic rings. The number of carbonyl (C=O) groups excluding carboxylic acids is 2. The number of rotatable bonds is 3. The highest BCUT2D eigenvalue weighted by Gasteiger charge is 2.21. The fourth-order valence-corrected chi connectivity index (χ4v) is 3.07. The van der Waals surface area contributed by atoms with Crippen molar-refractivity contribution in [2.24, 2.45) is 0 Å². The number of aryl methyl sites for hydroxylation is 1. The zero-order chi connectivity index (χ0) is 17.4. The number of aromatic nitrogens is 1. The van der Waals surface area contributed by atoms with Gasteiger partial charge < -0.3 is 15.6 Å². The second-order valence-electron chi connectivity index (χ2n) is 6.14. The van der Waals surface area contributed by atoms with Crippen LogP contribution < -0.4 is 15.5 Å². The van der Waals surface area contributed by atoms with Gasteiger partial charge in [0.2, 0.25) is 0 Å². The van der Waals surface area contributed by atoms with Crippen LogP contribution >= 0.6 is 0 Å². The first-order chi connectivity index (χ1) is 12.1. The van der Waals surface area contributed by atoms with Crippen molar-refractivity contribution in [3.8, 4) is 0 Å². The van der Waals surface area contributed by atoms with Crippen molar-refractivity contribution >= 4 is 34.2 Å². The molecule has 0 aliphatic carbocycles. The summed E-state index contributed by atoms with van der Waals surface area (Å²) in [5, 5.41) is 6.73. The summed E-state index contributed by atoms with van der Waals surface area (Å²) in [6, 6.07) is 14.8. The zero-order valence-electron chi connectivity index (χ0n) is 13.8. The molecule has 0 saturated carbocycles. The number of hydrogen-bond acceptors (Lipinski definition) is 2. The Kier molecular flexibility index (Phi) is 3.65. The Morgan fingerprint density at radius 3 is 2.64 bits per heavy atom. The summed E-state index contributed by atoms with van der Waals surface area (Å²) in [6.45, 7) is 3.28. The van der Waals surface area contributed by atoms with Crippen LogP contribution in [0.2, 0.25) is 0 Å². The highest BCUT2D eigenvalue weighted by molar-refractivity contribution is 6.05. The minimum atomic E-state index is -0.177. The average molecular weight is 334 g/mol. The number of hydrogen-bond donors (Lipinski definition) is 3. The number of fused-ring (bicyclic) bond motifs is 1. The van der Waals surface area contributed by atoms with Gasteiger partial charge >= 0.3 is 6.03 Å². The van der Waals surface area contributed by atoms with Crippen molar-refractivity contribution in [2.45, 2.75) is 6.92 Å². The Labute approximate surface area is 144 Å². The lowest BCUT2D eigenvalue weighted by Gasteiger charge is -2.14. The minimum absolute atomic E-state index is 0.104. The van der Waals surface area contributed by atoms with Gasteiger partial charge in [0.25, 0.3) is 5.91 Å². The molecular weight excluding hydrogens is 316 g/mol. The summed E-state index contributed by atoms with van der Waals surface area (Å²) >= 11 is 0. The van der Waals surface area contributed by atoms with Gasteiger partial charge in [0, 0.05) is 46.6 Å². The second kappa shape index (κ2) is 5.98. The van der Waals surface area contributed by atoms with E-state index in [0.29, 0.717) is 18.7 Å². The maximum atomic E-state index is 12.4. The molecule has 0 atom stereocenters. The lowest BCUT2D eigenvalue weighted by molar-refractivity contribution is 0.102. The topological polar surface area (TPSA) is 77.2 Å². The summed E-state index contributed by atoms with van der Waals surface area (Å²) < 4.78 is 0. The SMILES string of the molecule is Cc1cc2cc(NC(=O)c3ccc(N4CCNC4=O)cc3)ccc2[nH]1. The summed E-state index contributed by atoms with van der Waals surface area (Å²) in [4.78, 5) is 29.0. The van der Waals surface area contributed by atoms with Crippen molar-refractivity contribution < 1.29 is 9.59 Å². The fourth-order valence-electron chi connectivity index (χ4n) is 3.07. The first-order valence-electron chi connectivity index (χ1n) is 8.16. The van der Waals surface area contributed by atoms with Gasteiger partial charge in [-0.3, -0.25) is 9.69 Å². The first kappa shape index (κ1) is 15.3. The van der Waals surface area contributed by atoms with Gasteiger partial charge in [-0.15, -0.1) is 0 Å². The molecule has 126 valence electrons. The van der Waals surface area contributed by atoms with Crippen LogP contribution in [0, 0.1) is 6.92 Å². The van der Waals surface area contributed by atoms with Gasteiger partial charge in [0.1, 0.15) is 0 Å². The van der Waals surface area contributed by atoms with Crippen molar-refractivity contribution in [2.75, 3.05) is 23.3 Å². The van der Waals surface area contributed by atoms with E-state index in [1.165, 1.54) is 0 Å². The quantitative estimate of drug-likeness (QED) is 0.687. The third-order valence-electron chi connectivity index (χ3n) is 4.31. The zero-order valence-corrected chi connectivity index (χ0v) is 13.8. The van der Waals surface area contributed by atoms with E-state index in [4.69, 9.17) is 0 Å². The smallest absolute Gasteiger partial charge is 0.321 e. The van der Waals surface area contributed by atoms with E-state index >= 15 is 0 Å². The first-order valence-corrected chi connectivity index (χ1v) is 8.16. The highest BCUT2D eigenvalue weighted by atomic mass is 16.2. The summed E-state index contributed by atoms with van der Waals surface area (Å²) in [5.41, 5.74) is 4.22. The van der Waals surface area contributed by atoms with Crippen LogP contribution in [-0.2, 0) is 0 Å². The van der Waals surface area contributed by atoms with Crippen molar-refractivity contribution in [1.29, 1.82) is 0 Å². The average Bonchev–Trinajstić information content (AvgIpc) is 3.19. The Balaban J connectivity index is 1.50. The molecule has 0 radical (unpaired) electrons. The Hall–Kier alpha value is -3.28. The van der Waals surface area contributed by atoms with Crippen LogP contribution in [0.4, 0.5) is 16.2 Å². The number of benzene rings is 2. The number of H-pyrrole nitrogens is 1. The maximum absolute atomic E-state index is 12.4. The molecule has 1 aromatic heterocycles. The molecule has 1 saturated heterocycles. The third-order valence-corrected chi connectivity index (χ3v) is 4.31. The molecule has 25 heavy (non-hydrogen) atoms. The monoisotopic (exact) mass is 334 g/mol. The number of nitrogens with one attached hydrogen (secondary N) is 3. The van der Waals surface area contributed by atoms with Gasteiger partial charge in [0.05, 0.1) is 0 Å². The molecule has 1 aliphatic heterocycles. The number of amides is 3. The van der Waals surface area contributed by atoms with E-state index in [1.807, 2.05) is 31.2 Å². The van der Waals surface area contributed by atoms with Crippen LogP contribution in [-0.4, -0.2) is 30.0 Å². The van der Waals surface area contributed by atoms with Crippen LogP contribution in [0.15, 0.2) is 48.5 Å². The predicted molar refractivity (Wildman–Crippen MR) is 98.2 cm³/mol. The molecule has 1 fully saturated rings. The molecule has 6 nitrogen and oxygen atoms in total. The van der Waals surface area contributed by atoms with Gasteiger partial charge in [-0.05, 0) is 55.5 Å². The Bertz CT molecular complexity index is 959. The molecule has 6 heteroatoms. The standard InChI is InChI=1S/C19H18N4O2/c1-12-10-14-11-15(4-7-17(14)21-12)22-18(24)13-2-5-16(6-3-13)23-9-8-20-19(23)25/h2-7,10-11,21H,8-9H2,1H3,(H,20,25)(H,22,24).